The third kappa shape index (κ3) is 5.69. The van der Waals surface area contributed by atoms with Gasteiger partial charge in [0.05, 0.1) is 6.54 Å². The zero-order valence-electron chi connectivity index (χ0n) is 14.3. The van der Waals surface area contributed by atoms with Crippen molar-refractivity contribution in [2.45, 2.75) is 44.9 Å². The first-order chi connectivity index (χ1) is 11.3. The molecule has 0 amide bonds. The predicted molar refractivity (Wildman–Crippen MR) is 95.0 cm³/mol. The summed E-state index contributed by atoms with van der Waals surface area (Å²) in [5, 5.41) is 11.4. The molecule has 7 nitrogen and oxygen atoms in total. The molecule has 2 N–H and O–H groups in total. The van der Waals surface area contributed by atoms with Crippen molar-refractivity contribution in [3.63, 3.8) is 0 Å². The molecule has 0 aromatic carbocycles. The maximum absolute atomic E-state index is 5.10. The molecule has 8 heteroatoms. The molecule has 2 rings (SSSR count). The number of aliphatic imine (C=N–C) groups is 1. The van der Waals surface area contributed by atoms with E-state index in [1.165, 1.54) is 18.6 Å². The second-order valence-electron chi connectivity index (χ2n) is 5.64. The van der Waals surface area contributed by atoms with Crippen molar-refractivity contribution in [2.24, 2.45) is 4.99 Å². The second kappa shape index (κ2) is 9.77. The van der Waals surface area contributed by atoms with Gasteiger partial charge in [0.15, 0.2) is 11.8 Å². The molecule has 2 heterocycles. The third-order valence-corrected chi connectivity index (χ3v) is 4.50. The van der Waals surface area contributed by atoms with E-state index in [9.17, 15) is 0 Å². The molecule has 1 aliphatic heterocycles. The molecule has 1 aromatic rings. The molecule has 0 fully saturated rings. The molecule has 0 bridgehead atoms. The van der Waals surface area contributed by atoms with Gasteiger partial charge in [0.25, 0.3) is 0 Å². The Bertz CT molecular complexity index is 504. The number of hydrogen-bond acceptors (Lipinski definition) is 5. The SMILES string of the molecule is CN=C(NCCCCSC)NC1CCc2nc(COC)nn2C1. The topological polar surface area (TPSA) is 76.4 Å². The summed E-state index contributed by atoms with van der Waals surface area (Å²) in [4.78, 5) is 8.82. The van der Waals surface area contributed by atoms with E-state index in [-0.39, 0.29) is 0 Å². The number of guanidine groups is 1. The number of methoxy groups -OCH3 is 1. The fourth-order valence-corrected chi connectivity index (χ4v) is 3.13. The number of fused-ring (bicyclic) bond motifs is 1. The molecular formula is C15H28N6OS. The number of unbranched alkanes of at least 4 members (excludes halogenated alkanes) is 1. The summed E-state index contributed by atoms with van der Waals surface area (Å²) >= 11 is 1.90. The molecule has 1 unspecified atom stereocenters. The summed E-state index contributed by atoms with van der Waals surface area (Å²) in [5.41, 5.74) is 0. The van der Waals surface area contributed by atoms with Gasteiger partial charge in [0, 0.05) is 33.2 Å². The lowest BCUT2D eigenvalue weighted by Gasteiger charge is -2.25. The van der Waals surface area contributed by atoms with Crippen molar-refractivity contribution >= 4 is 17.7 Å². The van der Waals surface area contributed by atoms with E-state index >= 15 is 0 Å². The van der Waals surface area contributed by atoms with Crippen LogP contribution in [-0.4, -0.2) is 59.5 Å². The molecule has 0 saturated heterocycles. The van der Waals surface area contributed by atoms with Crippen LogP contribution in [0.25, 0.3) is 0 Å². The maximum Gasteiger partial charge on any atom is 0.191 e. The molecule has 1 aromatic heterocycles. The summed E-state index contributed by atoms with van der Waals surface area (Å²) in [5.74, 6) is 3.91. The van der Waals surface area contributed by atoms with Gasteiger partial charge in [-0.2, -0.15) is 16.9 Å². The van der Waals surface area contributed by atoms with E-state index < -0.39 is 0 Å². The zero-order valence-corrected chi connectivity index (χ0v) is 15.2. The minimum atomic E-state index is 0.331. The number of nitrogens with one attached hydrogen (secondary N) is 2. The molecule has 0 radical (unpaired) electrons. The Morgan fingerprint density at radius 1 is 1.48 bits per heavy atom. The van der Waals surface area contributed by atoms with E-state index in [2.05, 4.69) is 32.0 Å². The maximum atomic E-state index is 5.10. The van der Waals surface area contributed by atoms with Gasteiger partial charge in [-0.25, -0.2) is 9.67 Å². The van der Waals surface area contributed by atoms with Gasteiger partial charge >= 0.3 is 0 Å². The summed E-state index contributed by atoms with van der Waals surface area (Å²) < 4.78 is 7.09. The van der Waals surface area contributed by atoms with Gasteiger partial charge in [0.1, 0.15) is 12.4 Å². The highest BCUT2D eigenvalue weighted by Crippen LogP contribution is 2.13. The lowest BCUT2D eigenvalue weighted by Crippen LogP contribution is -2.47. The van der Waals surface area contributed by atoms with Gasteiger partial charge < -0.3 is 15.4 Å². The molecule has 23 heavy (non-hydrogen) atoms. The van der Waals surface area contributed by atoms with E-state index in [4.69, 9.17) is 4.74 Å². The lowest BCUT2D eigenvalue weighted by molar-refractivity contribution is 0.177. The number of aromatic nitrogens is 3. The minimum absolute atomic E-state index is 0.331. The highest BCUT2D eigenvalue weighted by molar-refractivity contribution is 7.98. The van der Waals surface area contributed by atoms with Crippen LogP contribution < -0.4 is 10.6 Å². The van der Waals surface area contributed by atoms with Crippen LogP contribution in [0.4, 0.5) is 0 Å². The monoisotopic (exact) mass is 340 g/mol. The number of aryl methyl sites for hydroxylation is 1. The largest absolute Gasteiger partial charge is 0.377 e. The van der Waals surface area contributed by atoms with Crippen LogP contribution in [0, 0.1) is 0 Å². The van der Waals surface area contributed by atoms with Crippen LogP contribution in [0.3, 0.4) is 0 Å². The first-order valence-corrected chi connectivity index (χ1v) is 9.54. The number of nitrogens with zero attached hydrogens (tertiary/aromatic N) is 4. The van der Waals surface area contributed by atoms with E-state index in [1.54, 1.807) is 7.11 Å². The van der Waals surface area contributed by atoms with Crippen molar-refractivity contribution in [3.8, 4) is 0 Å². The quantitative estimate of drug-likeness (QED) is 0.418. The van der Waals surface area contributed by atoms with Crippen LogP contribution in [0.2, 0.25) is 0 Å². The third-order valence-electron chi connectivity index (χ3n) is 3.81. The molecule has 1 aliphatic rings. The van der Waals surface area contributed by atoms with Gasteiger partial charge in [-0.1, -0.05) is 0 Å². The Kier molecular flexibility index (Phi) is 7.67. The van der Waals surface area contributed by atoms with Crippen LogP contribution in [0.5, 0.6) is 0 Å². The van der Waals surface area contributed by atoms with Crippen molar-refractivity contribution < 1.29 is 4.74 Å². The Hall–Kier alpha value is -1.28. The van der Waals surface area contributed by atoms with Crippen LogP contribution in [-0.2, 0) is 24.3 Å². The number of hydrogen-bond donors (Lipinski definition) is 2. The molecule has 0 saturated carbocycles. The fourth-order valence-electron chi connectivity index (χ4n) is 2.63. The van der Waals surface area contributed by atoms with Crippen LogP contribution in [0.15, 0.2) is 4.99 Å². The zero-order chi connectivity index (χ0) is 16.5. The smallest absolute Gasteiger partial charge is 0.191 e. The van der Waals surface area contributed by atoms with Gasteiger partial charge in [-0.05, 0) is 31.3 Å². The van der Waals surface area contributed by atoms with E-state index in [0.717, 1.165) is 43.5 Å². The van der Waals surface area contributed by atoms with E-state index in [1.807, 2.05) is 23.5 Å². The normalized spacial score (nSPS) is 17.9. The van der Waals surface area contributed by atoms with Crippen LogP contribution >= 0.6 is 11.8 Å². The molecular weight excluding hydrogens is 312 g/mol. The predicted octanol–water partition coefficient (Wildman–Crippen LogP) is 1.05. The van der Waals surface area contributed by atoms with Crippen molar-refractivity contribution in [1.29, 1.82) is 0 Å². The minimum Gasteiger partial charge on any atom is -0.377 e. The number of ether oxygens (including phenoxy) is 1. The Morgan fingerprint density at radius 3 is 3.09 bits per heavy atom. The molecule has 130 valence electrons. The van der Waals surface area contributed by atoms with Crippen molar-refractivity contribution in [1.82, 2.24) is 25.4 Å². The number of thioether (sulfide) groups is 1. The summed E-state index contributed by atoms with van der Waals surface area (Å²) in [6.07, 6.45) is 6.52. The Balaban J connectivity index is 1.78. The van der Waals surface area contributed by atoms with Gasteiger partial charge in [-0.15, -0.1) is 0 Å². The Labute approximate surface area is 142 Å². The highest BCUT2D eigenvalue weighted by atomic mass is 32.2. The lowest BCUT2D eigenvalue weighted by atomic mass is 10.1. The number of rotatable bonds is 8. The summed E-state index contributed by atoms with van der Waals surface area (Å²) in [6, 6.07) is 0.331. The fraction of sp³-hybridized carbons (Fsp3) is 0.800. The second-order valence-corrected chi connectivity index (χ2v) is 6.62. The molecule has 0 spiro atoms. The Morgan fingerprint density at radius 2 is 2.35 bits per heavy atom. The van der Waals surface area contributed by atoms with E-state index in [0.29, 0.717) is 12.6 Å². The first kappa shape index (κ1) is 18.1. The van der Waals surface area contributed by atoms with Crippen LogP contribution in [0.1, 0.15) is 30.9 Å². The summed E-state index contributed by atoms with van der Waals surface area (Å²) in [6.45, 7) is 2.25. The summed E-state index contributed by atoms with van der Waals surface area (Å²) in [7, 11) is 3.48. The van der Waals surface area contributed by atoms with Gasteiger partial charge in [0.2, 0.25) is 0 Å². The van der Waals surface area contributed by atoms with Gasteiger partial charge in [-0.3, -0.25) is 4.99 Å². The molecule has 0 aliphatic carbocycles. The average Bonchev–Trinajstić information content (AvgIpc) is 2.95. The molecule has 1 atom stereocenters. The average molecular weight is 340 g/mol. The van der Waals surface area contributed by atoms with Crippen molar-refractivity contribution in [3.05, 3.63) is 11.6 Å². The standard InChI is InChI=1S/C15H28N6OS/c1-16-15(17-8-4-5-9-23-3)18-12-6-7-14-19-13(11-22-2)20-21(14)10-12/h12H,4-11H2,1-3H3,(H2,16,17,18). The first-order valence-electron chi connectivity index (χ1n) is 8.14. The van der Waals surface area contributed by atoms with Crippen molar-refractivity contribution in [2.75, 3.05) is 32.7 Å². The highest BCUT2D eigenvalue weighted by Gasteiger charge is 2.22.